The van der Waals surface area contributed by atoms with Gasteiger partial charge in [0.25, 0.3) is 5.91 Å². The number of hydrogen-bond donors (Lipinski definition) is 1. The van der Waals surface area contributed by atoms with Crippen molar-refractivity contribution in [2.24, 2.45) is 0 Å². The third-order valence-electron chi connectivity index (χ3n) is 5.17. The summed E-state index contributed by atoms with van der Waals surface area (Å²) in [7, 11) is -3.67. The lowest BCUT2D eigenvalue weighted by atomic mass is 10.1. The number of carbonyl (C=O) groups excluding carboxylic acids is 1. The molecule has 0 atom stereocenters. The minimum absolute atomic E-state index is 0.156. The molecule has 162 valence electrons. The summed E-state index contributed by atoms with van der Waals surface area (Å²) in [6.45, 7) is 7.79. The van der Waals surface area contributed by atoms with Gasteiger partial charge in [-0.2, -0.15) is 4.31 Å². The molecule has 0 saturated carbocycles. The van der Waals surface area contributed by atoms with Crippen molar-refractivity contribution in [3.63, 3.8) is 0 Å². The number of sulfonamides is 1. The first-order valence-electron chi connectivity index (χ1n) is 9.96. The van der Waals surface area contributed by atoms with Crippen LogP contribution in [0.3, 0.4) is 0 Å². The first kappa shape index (κ1) is 22.3. The Labute approximate surface area is 178 Å². The van der Waals surface area contributed by atoms with Gasteiger partial charge in [0.05, 0.1) is 24.7 Å². The van der Waals surface area contributed by atoms with Gasteiger partial charge in [-0.1, -0.05) is 12.1 Å². The van der Waals surface area contributed by atoms with E-state index in [9.17, 15) is 13.2 Å². The zero-order valence-electron chi connectivity index (χ0n) is 17.6. The van der Waals surface area contributed by atoms with Crippen LogP contribution in [0, 0.1) is 20.8 Å². The lowest BCUT2D eigenvalue weighted by Gasteiger charge is -2.26. The van der Waals surface area contributed by atoms with E-state index < -0.39 is 10.0 Å². The summed E-state index contributed by atoms with van der Waals surface area (Å²) in [5.41, 5.74) is 3.25. The average molecular weight is 433 g/mol. The van der Waals surface area contributed by atoms with Crippen molar-refractivity contribution in [1.29, 1.82) is 0 Å². The molecule has 1 N–H and O–H groups in total. The number of ether oxygens (including phenoxy) is 2. The fraction of sp³-hybridized carbons (Fsp3) is 0.409. The van der Waals surface area contributed by atoms with Crippen LogP contribution in [0.15, 0.2) is 41.3 Å². The van der Waals surface area contributed by atoms with Crippen LogP contribution >= 0.6 is 0 Å². The van der Waals surface area contributed by atoms with Crippen molar-refractivity contribution in [2.45, 2.75) is 25.7 Å². The highest BCUT2D eigenvalue weighted by atomic mass is 32.2. The van der Waals surface area contributed by atoms with E-state index in [-0.39, 0.29) is 10.8 Å². The van der Waals surface area contributed by atoms with E-state index in [1.807, 2.05) is 32.0 Å². The molecule has 2 aromatic carbocycles. The Balaban J connectivity index is 1.62. The normalized spacial score (nSPS) is 15.0. The maximum atomic E-state index is 13.0. The molecule has 2 aromatic rings. The lowest BCUT2D eigenvalue weighted by molar-refractivity contribution is 0.0730. The molecule has 1 fully saturated rings. The van der Waals surface area contributed by atoms with Crippen molar-refractivity contribution < 1.29 is 22.7 Å². The molecule has 1 heterocycles. The molecule has 1 saturated heterocycles. The van der Waals surface area contributed by atoms with Crippen molar-refractivity contribution in [2.75, 3.05) is 39.5 Å². The highest BCUT2D eigenvalue weighted by Crippen LogP contribution is 2.22. The fourth-order valence-electron chi connectivity index (χ4n) is 3.18. The van der Waals surface area contributed by atoms with Crippen LogP contribution in [-0.4, -0.2) is 58.1 Å². The summed E-state index contributed by atoms with van der Waals surface area (Å²) >= 11 is 0. The molecule has 3 rings (SSSR count). The van der Waals surface area contributed by atoms with Gasteiger partial charge >= 0.3 is 0 Å². The van der Waals surface area contributed by atoms with Crippen molar-refractivity contribution in [3.05, 3.63) is 58.7 Å². The first-order chi connectivity index (χ1) is 14.3. The Morgan fingerprint density at radius 3 is 2.43 bits per heavy atom. The number of morpholine rings is 1. The highest BCUT2D eigenvalue weighted by Gasteiger charge is 2.28. The van der Waals surface area contributed by atoms with Crippen LogP contribution in [0.1, 0.15) is 27.0 Å². The Morgan fingerprint density at radius 1 is 1.03 bits per heavy atom. The number of nitrogens with zero attached hydrogens (tertiary/aromatic N) is 1. The number of rotatable bonds is 7. The van der Waals surface area contributed by atoms with E-state index in [2.05, 4.69) is 5.32 Å². The molecule has 8 heteroatoms. The van der Waals surface area contributed by atoms with Crippen LogP contribution < -0.4 is 10.1 Å². The van der Waals surface area contributed by atoms with E-state index in [0.717, 1.165) is 11.3 Å². The maximum Gasteiger partial charge on any atom is 0.251 e. The van der Waals surface area contributed by atoms with Crippen LogP contribution in [0.4, 0.5) is 0 Å². The van der Waals surface area contributed by atoms with E-state index in [4.69, 9.17) is 9.47 Å². The minimum Gasteiger partial charge on any atom is -0.492 e. The molecule has 1 aliphatic rings. The molecule has 0 unspecified atom stereocenters. The molecule has 0 bridgehead atoms. The smallest absolute Gasteiger partial charge is 0.251 e. The second kappa shape index (κ2) is 9.59. The van der Waals surface area contributed by atoms with Gasteiger partial charge in [-0.3, -0.25) is 4.79 Å². The van der Waals surface area contributed by atoms with Gasteiger partial charge < -0.3 is 14.8 Å². The average Bonchev–Trinajstić information content (AvgIpc) is 2.74. The van der Waals surface area contributed by atoms with E-state index >= 15 is 0 Å². The van der Waals surface area contributed by atoms with Gasteiger partial charge in [0.1, 0.15) is 12.4 Å². The Morgan fingerprint density at radius 2 is 1.73 bits per heavy atom. The lowest BCUT2D eigenvalue weighted by Crippen LogP contribution is -2.41. The minimum atomic E-state index is -3.67. The monoisotopic (exact) mass is 432 g/mol. The van der Waals surface area contributed by atoms with E-state index in [1.54, 1.807) is 19.1 Å². The number of amides is 1. The summed E-state index contributed by atoms with van der Waals surface area (Å²) in [5, 5.41) is 2.78. The third kappa shape index (κ3) is 5.19. The predicted octanol–water partition coefficient (Wildman–Crippen LogP) is 2.44. The van der Waals surface area contributed by atoms with Crippen LogP contribution in [-0.2, 0) is 14.8 Å². The Kier molecular flexibility index (Phi) is 7.12. The van der Waals surface area contributed by atoms with Gasteiger partial charge in [0.15, 0.2) is 0 Å². The third-order valence-corrected chi connectivity index (χ3v) is 7.21. The van der Waals surface area contributed by atoms with Gasteiger partial charge in [0, 0.05) is 18.7 Å². The molecule has 0 aromatic heterocycles. The van der Waals surface area contributed by atoms with Crippen molar-refractivity contribution in [3.8, 4) is 5.75 Å². The Bertz CT molecular complexity index is 1010. The molecule has 1 amide bonds. The fourth-order valence-corrected chi connectivity index (χ4v) is 4.84. The molecule has 1 aliphatic heterocycles. The molecule has 0 radical (unpaired) electrons. The van der Waals surface area contributed by atoms with Gasteiger partial charge in [0.2, 0.25) is 10.0 Å². The summed E-state index contributed by atoms with van der Waals surface area (Å²) in [4.78, 5) is 12.7. The number of carbonyl (C=O) groups is 1. The second-order valence-corrected chi connectivity index (χ2v) is 9.25. The first-order valence-corrected chi connectivity index (χ1v) is 11.4. The number of benzene rings is 2. The zero-order chi connectivity index (χ0) is 21.7. The largest absolute Gasteiger partial charge is 0.492 e. The topological polar surface area (TPSA) is 84.9 Å². The molecular weight excluding hydrogens is 404 g/mol. The van der Waals surface area contributed by atoms with Gasteiger partial charge in [-0.25, -0.2) is 8.42 Å². The van der Waals surface area contributed by atoms with Crippen LogP contribution in [0.2, 0.25) is 0 Å². The molecule has 0 spiro atoms. The van der Waals surface area contributed by atoms with Crippen LogP contribution in [0.25, 0.3) is 0 Å². The number of hydrogen-bond acceptors (Lipinski definition) is 5. The zero-order valence-corrected chi connectivity index (χ0v) is 18.4. The van der Waals surface area contributed by atoms with Crippen molar-refractivity contribution in [1.82, 2.24) is 9.62 Å². The quantitative estimate of drug-likeness (QED) is 0.680. The summed E-state index contributed by atoms with van der Waals surface area (Å²) in [6.07, 6.45) is 0. The number of aryl methyl sites for hydroxylation is 3. The van der Waals surface area contributed by atoms with Gasteiger partial charge in [-0.15, -0.1) is 0 Å². The standard InChI is InChI=1S/C22H28N2O5S/c1-16-5-7-20(14-18(16)3)29-11-8-23-22(25)19-6-4-17(2)21(15-19)30(26,27)24-9-12-28-13-10-24/h4-7,14-15H,8-13H2,1-3H3,(H,23,25). The molecule has 0 aliphatic carbocycles. The molecule has 30 heavy (non-hydrogen) atoms. The second-order valence-electron chi connectivity index (χ2n) is 7.35. The maximum absolute atomic E-state index is 13.0. The van der Waals surface area contributed by atoms with E-state index in [1.165, 1.54) is 15.9 Å². The van der Waals surface area contributed by atoms with Crippen molar-refractivity contribution >= 4 is 15.9 Å². The summed E-state index contributed by atoms with van der Waals surface area (Å²) in [5.74, 6) is 0.415. The Hall–Kier alpha value is -2.42. The van der Waals surface area contributed by atoms with Gasteiger partial charge in [-0.05, 0) is 61.7 Å². The predicted molar refractivity (Wildman–Crippen MR) is 115 cm³/mol. The number of nitrogens with one attached hydrogen (secondary N) is 1. The van der Waals surface area contributed by atoms with Crippen LogP contribution in [0.5, 0.6) is 5.75 Å². The summed E-state index contributed by atoms with van der Waals surface area (Å²) in [6, 6.07) is 10.6. The highest BCUT2D eigenvalue weighted by molar-refractivity contribution is 7.89. The van der Waals surface area contributed by atoms with E-state index in [0.29, 0.717) is 50.6 Å². The molecule has 7 nitrogen and oxygen atoms in total. The SMILES string of the molecule is Cc1ccc(OCCNC(=O)c2ccc(C)c(S(=O)(=O)N3CCOCC3)c2)cc1C. The summed E-state index contributed by atoms with van der Waals surface area (Å²) < 4.78 is 38.3. The molecular formula is C22H28N2O5S.